The van der Waals surface area contributed by atoms with Gasteiger partial charge in [0.2, 0.25) is 5.65 Å². The predicted octanol–water partition coefficient (Wildman–Crippen LogP) is 3.11. The van der Waals surface area contributed by atoms with Gasteiger partial charge in [-0.2, -0.15) is 0 Å². The van der Waals surface area contributed by atoms with E-state index in [2.05, 4.69) is 30.0 Å². The Balaban J connectivity index is 1.58. The summed E-state index contributed by atoms with van der Waals surface area (Å²) in [6.07, 6.45) is 5.57. The number of benzene rings is 1. The van der Waals surface area contributed by atoms with E-state index in [4.69, 9.17) is 4.74 Å². The van der Waals surface area contributed by atoms with Gasteiger partial charge in [-0.3, -0.25) is 9.78 Å². The van der Waals surface area contributed by atoms with Crippen LogP contribution in [-0.4, -0.2) is 43.4 Å². The second-order valence-electron chi connectivity index (χ2n) is 7.20. The van der Waals surface area contributed by atoms with Crippen molar-refractivity contribution in [1.29, 1.82) is 0 Å². The third-order valence-corrected chi connectivity index (χ3v) is 5.24. The summed E-state index contributed by atoms with van der Waals surface area (Å²) in [5.41, 5.74) is 3.38. The highest BCUT2D eigenvalue weighted by Gasteiger charge is 2.21. The van der Waals surface area contributed by atoms with E-state index >= 15 is 0 Å². The van der Waals surface area contributed by atoms with Crippen molar-refractivity contribution < 1.29 is 9.53 Å². The molecule has 0 bridgehead atoms. The molecule has 1 N–H and O–H groups in total. The van der Waals surface area contributed by atoms with Crippen molar-refractivity contribution in [3.63, 3.8) is 0 Å². The topological polar surface area (TPSA) is 94.8 Å². The second kappa shape index (κ2) is 7.21. The van der Waals surface area contributed by atoms with Crippen LogP contribution >= 0.6 is 0 Å². The van der Waals surface area contributed by atoms with Gasteiger partial charge in [0.15, 0.2) is 0 Å². The number of aromatic nitrogens is 5. The number of hydrogen-bond acceptors (Lipinski definition) is 6. The van der Waals surface area contributed by atoms with Crippen LogP contribution in [-0.2, 0) is 11.3 Å². The van der Waals surface area contributed by atoms with Gasteiger partial charge in [-0.25, -0.2) is 4.98 Å². The molecule has 0 unspecified atom stereocenters. The van der Waals surface area contributed by atoms with Crippen LogP contribution in [0.15, 0.2) is 42.7 Å². The van der Waals surface area contributed by atoms with Crippen molar-refractivity contribution in [2.45, 2.75) is 32.4 Å². The van der Waals surface area contributed by atoms with Gasteiger partial charge in [0, 0.05) is 23.8 Å². The standard InChI is InChI=1S/C21H20N6O2/c1-13-23-20-19(27(13)12-16-5-3-9-29-16)17-10-14(6-7-18(17)25-26-20)21(28)24-15-4-2-8-22-11-15/h2,4,6-8,10-11,16H,3,5,9,12H2,1H3,(H,24,28)/t16-/m0/s1. The SMILES string of the molecule is Cc1nc2nnc3ccc(C(=O)Nc4cccnc4)cc3c2n1C[C@@H]1CCCO1. The van der Waals surface area contributed by atoms with E-state index in [1.807, 2.05) is 19.1 Å². The van der Waals surface area contributed by atoms with Crippen LogP contribution in [0, 0.1) is 6.92 Å². The van der Waals surface area contributed by atoms with E-state index in [9.17, 15) is 4.79 Å². The number of carbonyl (C=O) groups is 1. The van der Waals surface area contributed by atoms with Crippen molar-refractivity contribution in [3.8, 4) is 0 Å². The van der Waals surface area contributed by atoms with Crippen molar-refractivity contribution in [3.05, 3.63) is 54.1 Å². The third-order valence-electron chi connectivity index (χ3n) is 5.24. The zero-order chi connectivity index (χ0) is 19.8. The summed E-state index contributed by atoms with van der Waals surface area (Å²) < 4.78 is 7.95. The van der Waals surface area contributed by atoms with Gasteiger partial charge in [-0.15, -0.1) is 10.2 Å². The fourth-order valence-electron chi connectivity index (χ4n) is 3.80. The normalized spacial score (nSPS) is 16.5. The van der Waals surface area contributed by atoms with Gasteiger partial charge < -0.3 is 14.6 Å². The zero-order valence-corrected chi connectivity index (χ0v) is 16.0. The molecule has 0 saturated carbocycles. The number of nitrogens with one attached hydrogen (secondary N) is 1. The molecule has 29 heavy (non-hydrogen) atoms. The molecule has 4 heterocycles. The van der Waals surface area contributed by atoms with E-state index in [1.165, 1.54) is 0 Å². The van der Waals surface area contributed by atoms with E-state index in [0.717, 1.165) is 48.2 Å². The number of hydrogen-bond donors (Lipinski definition) is 1. The van der Waals surface area contributed by atoms with Gasteiger partial charge >= 0.3 is 0 Å². The Morgan fingerprint density at radius 1 is 1.31 bits per heavy atom. The summed E-state index contributed by atoms with van der Waals surface area (Å²) in [5, 5.41) is 12.3. The molecule has 1 aromatic carbocycles. The number of pyridine rings is 1. The summed E-state index contributed by atoms with van der Waals surface area (Å²) in [7, 11) is 0. The van der Waals surface area contributed by atoms with E-state index < -0.39 is 0 Å². The molecule has 146 valence electrons. The lowest BCUT2D eigenvalue weighted by Crippen LogP contribution is -2.16. The first kappa shape index (κ1) is 17.7. The molecule has 1 amide bonds. The number of imidazole rings is 1. The van der Waals surface area contributed by atoms with Gasteiger partial charge in [-0.05, 0) is 50.1 Å². The monoisotopic (exact) mass is 388 g/mol. The predicted molar refractivity (Wildman–Crippen MR) is 109 cm³/mol. The van der Waals surface area contributed by atoms with Crippen LogP contribution in [0.4, 0.5) is 5.69 Å². The first-order chi connectivity index (χ1) is 14.2. The molecule has 0 aliphatic carbocycles. The molecule has 0 spiro atoms. The average molecular weight is 388 g/mol. The third kappa shape index (κ3) is 3.31. The Labute approximate surface area is 166 Å². The maximum Gasteiger partial charge on any atom is 0.255 e. The zero-order valence-electron chi connectivity index (χ0n) is 16.0. The molecule has 4 aromatic rings. The lowest BCUT2D eigenvalue weighted by Gasteiger charge is -2.13. The fourth-order valence-corrected chi connectivity index (χ4v) is 3.80. The second-order valence-corrected chi connectivity index (χ2v) is 7.20. The molecule has 3 aromatic heterocycles. The highest BCUT2D eigenvalue weighted by molar-refractivity contribution is 6.09. The largest absolute Gasteiger partial charge is 0.376 e. The molecular formula is C21H20N6O2. The van der Waals surface area contributed by atoms with Gasteiger partial charge in [0.1, 0.15) is 5.82 Å². The van der Waals surface area contributed by atoms with E-state index in [1.54, 1.807) is 30.6 Å². The van der Waals surface area contributed by atoms with E-state index in [0.29, 0.717) is 16.9 Å². The Hall–Kier alpha value is -3.39. The number of rotatable bonds is 4. The molecule has 8 nitrogen and oxygen atoms in total. The first-order valence-electron chi connectivity index (χ1n) is 9.65. The van der Waals surface area contributed by atoms with Crippen molar-refractivity contribution >= 4 is 33.7 Å². The summed E-state index contributed by atoms with van der Waals surface area (Å²) >= 11 is 0. The van der Waals surface area contributed by atoms with Gasteiger partial charge in [0.25, 0.3) is 5.91 Å². The maximum absolute atomic E-state index is 12.7. The summed E-state index contributed by atoms with van der Waals surface area (Å²) in [6, 6.07) is 9.00. The minimum Gasteiger partial charge on any atom is -0.376 e. The number of nitrogens with zero attached hydrogens (tertiary/aromatic N) is 5. The quantitative estimate of drug-likeness (QED) is 0.577. The molecular weight excluding hydrogens is 368 g/mol. The number of carbonyl (C=O) groups excluding carboxylic acids is 1. The number of amides is 1. The van der Waals surface area contributed by atoms with Crippen LogP contribution in [0.5, 0.6) is 0 Å². The van der Waals surface area contributed by atoms with Crippen LogP contribution in [0.2, 0.25) is 0 Å². The smallest absolute Gasteiger partial charge is 0.255 e. The minimum absolute atomic E-state index is 0.173. The lowest BCUT2D eigenvalue weighted by atomic mass is 10.1. The number of ether oxygens (including phenoxy) is 1. The molecule has 0 radical (unpaired) electrons. The average Bonchev–Trinajstić information content (AvgIpc) is 3.36. The van der Waals surface area contributed by atoms with Crippen LogP contribution in [0.25, 0.3) is 22.1 Å². The summed E-state index contributed by atoms with van der Waals surface area (Å²) in [4.78, 5) is 21.3. The Bertz CT molecular complexity index is 1200. The van der Waals surface area contributed by atoms with Crippen LogP contribution in [0.1, 0.15) is 29.0 Å². The molecule has 8 heteroatoms. The number of fused-ring (bicyclic) bond motifs is 3. The van der Waals surface area contributed by atoms with Gasteiger partial charge in [0.05, 0.1) is 35.6 Å². The lowest BCUT2D eigenvalue weighted by molar-refractivity contribution is 0.0974. The summed E-state index contributed by atoms with van der Waals surface area (Å²) in [6.45, 7) is 3.48. The maximum atomic E-state index is 12.7. The number of aryl methyl sites for hydroxylation is 1. The van der Waals surface area contributed by atoms with E-state index in [-0.39, 0.29) is 12.0 Å². The van der Waals surface area contributed by atoms with Crippen LogP contribution < -0.4 is 5.32 Å². The number of anilines is 1. The Morgan fingerprint density at radius 2 is 2.24 bits per heavy atom. The van der Waals surface area contributed by atoms with Gasteiger partial charge in [-0.1, -0.05) is 0 Å². The van der Waals surface area contributed by atoms with Crippen LogP contribution in [0.3, 0.4) is 0 Å². The highest BCUT2D eigenvalue weighted by Crippen LogP contribution is 2.26. The fraction of sp³-hybridized carbons (Fsp3) is 0.286. The molecule has 1 aliphatic rings. The molecule has 1 fully saturated rings. The molecule has 1 aliphatic heterocycles. The van der Waals surface area contributed by atoms with Crippen molar-refractivity contribution in [1.82, 2.24) is 24.7 Å². The Kier molecular flexibility index (Phi) is 4.40. The highest BCUT2D eigenvalue weighted by atomic mass is 16.5. The van der Waals surface area contributed by atoms with Crippen molar-refractivity contribution in [2.24, 2.45) is 0 Å². The van der Waals surface area contributed by atoms with Crippen molar-refractivity contribution in [2.75, 3.05) is 11.9 Å². The summed E-state index contributed by atoms with van der Waals surface area (Å²) in [5.74, 6) is 0.661. The minimum atomic E-state index is -0.202. The molecule has 5 rings (SSSR count). The first-order valence-corrected chi connectivity index (χ1v) is 9.65. The Morgan fingerprint density at radius 3 is 3.03 bits per heavy atom. The molecule has 1 atom stereocenters. The molecule has 1 saturated heterocycles.